The standard InChI is InChI=1S/C16H12O5S.C9H7BrO3.C7H6O2S/c17-13(10-4-3-5-11(8-10)15(18)19)9-22-14-7-2-1-6-12(14)16(20)21;10-5-8(11)6-2-1-3-7(4-6)9(12)13;8-7(9)5-3-1-2-4-6(5)10/h1-8H,9H2,(H,18,19)(H,20,21);1-4H,5H2,(H,12,13);1-4,10H,(H,8,9). The highest BCUT2D eigenvalue weighted by Crippen LogP contribution is 2.24. The lowest BCUT2D eigenvalue weighted by atomic mass is 10.1. The second-order valence-electron chi connectivity index (χ2n) is 8.66. The number of thiol groups is 1. The summed E-state index contributed by atoms with van der Waals surface area (Å²) in [5.41, 5.74) is 1.26. The van der Waals surface area contributed by atoms with E-state index in [-0.39, 0.29) is 44.9 Å². The van der Waals surface area contributed by atoms with Gasteiger partial charge in [0.05, 0.1) is 33.3 Å². The molecular weight excluding hydrogens is 688 g/mol. The molecule has 0 heterocycles. The number of aromatic carboxylic acids is 4. The molecule has 13 heteroatoms. The van der Waals surface area contributed by atoms with Crippen LogP contribution in [0.1, 0.15) is 62.1 Å². The number of benzene rings is 4. The zero-order valence-corrected chi connectivity index (χ0v) is 26.4. The summed E-state index contributed by atoms with van der Waals surface area (Å²) in [6, 6.07) is 24.7. The zero-order valence-electron chi connectivity index (χ0n) is 23.1. The van der Waals surface area contributed by atoms with Gasteiger partial charge in [-0.05, 0) is 48.5 Å². The van der Waals surface area contributed by atoms with E-state index in [0.717, 1.165) is 11.8 Å². The Morgan fingerprint density at radius 3 is 1.44 bits per heavy atom. The van der Waals surface area contributed by atoms with Crippen molar-refractivity contribution >= 4 is 75.8 Å². The van der Waals surface area contributed by atoms with E-state index in [1.807, 2.05) is 0 Å². The third kappa shape index (κ3) is 11.7. The smallest absolute Gasteiger partial charge is 0.336 e. The van der Waals surface area contributed by atoms with Gasteiger partial charge in [-0.15, -0.1) is 24.4 Å². The molecule has 4 aromatic rings. The van der Waals surface area contributed by atoms with Crippen LogP contribution in [0.2, 0.25) is 0 Å². The van der Waals surface area contributed by atoms with Gasteiger partial charge in [0.25, 0.3) is 0 Å². The largest absolute Gasteiger partial charge is 0.478 e. The summed E-state index contributed by atoms with van der Waals surface area (Å²) in [4.78, 5) is 67.2. The van der Waals surface area contributed by atoms with E-state index < -0.39 is 23.9 Å². The topological polar surface area (TPSA) is 183 Å². The molecule has 0 amide bonds. The van der Waals surface area contributed by atoms with Crippen molar-refractivity contribution in [2.24, 2.45) is 0 Å². The fraction of sp³-hybridized carbons (Fsp3) is 0.0625. The third-order valence-electron chi connectivity index (χ3n) is 5.60. The zero-order chi connectivity index (χ0) is 33.5. The predicted octanol–water partition coefficient (Wildman–Crippen LogP) is 6.69. The van der Waals surface area contributed by atoms with Crippen molar-refractivity contribution in [3.63, 3.8) is 0 Å². The molecule has 0 bridgehead atoms. The lowest BCUT2D eigenvalue weighted by molar-refractivity contribution is 0.0682. The first-order valence-electron chi connectivity index (χ1n) is 12.6. The number of carboxylic acid groups (broad SMARTS) is 4. The van der Waals surface area contributed by atoms with Crippen molar-refractivity contribution in [1.29, 1.82) is 0 Å². The average molecular weight is 714 g/mol. The van der Waals surface area contributed by atoms with Crippen LogP contribution in [0.25, 0.3) is 0 Å². The maximum Gasteiger partial charge on any atom is 0.336 e. The molecule has 0 atom stereocenters. The quantitative estimate of drug-likeness (QED) is 0.0511. The van der Waals surface area contributed by atoms with E-state index in [2.05, 4.69) is 28.6 Å². The summed E-state index contributed by atoms with van der Waals surface area (Å²) < 4.78 is 0. The summed E-state index contributed by atoms with van der Waals surface area (Å²) >= 11 is 8.09. The maximum absolute atomic E-state index is 12.1. The lowest BCUT2D eigenvalue weighted by Gasteiger charge is -2.05. The summed E-state index contributed by atoms with van der Waals surface area (Å²) in [5, 5.41) is 35.4. The normalized spacial score (nSPS) is 9.82. The highest BCUT2D eigenvalue weighted by Gasteiger charge is 2.14. The highest BCUT2D eigenvalue weighted by atomic mass is 79.9. The van der Waals surface area contributed by atoms with E-state index in [1.165, 1.54) is 42.5 Å². The number of carbonyl (C=O) groups excluding carboxylic acids is 2. The second-order valence-corrected chi connectivity index (χ2v) is 10.7. The van der Waals surface area contributed by atoms with Crippen molar-refractivity contribution in [3.8, 4) is 0 Å². The van der Waals surface area contributed by atoms with Crippen LogP contribution in [-0.2, 0) is 0 Å². The number of halogens is 1. The van der Waals surface area contributed by atoms with Gasteiger partial charge in [-0.2, -0.15) is 0 Å². The number of thioether (sulfide) groups is 1. The average Bonchev–Trinajstić information content (AvgIpc) is 3.04. The van der Waals surface area contributed by atoms with Gasteiger partial charge in [-0.1, -0.05) is 64.5 Å². The minimum atomic E-state index is -1.10. The van der Waals surface area contributed by atoms with Gasteiger partial charge in [0.1, 0.15) is 0 Å². The van der Waals surface area contributed by atoms with Crippen molar-refractivity contribution in [2.75, 3.05) is 11.1 Å². The Kier molecular flexibility index (Phi) is 14.7. The van der Waals surface area contributed by atoms with Crippen molar-refractivity contribution < 1.29 is 49.2 Å². The van der Waals surface area contributed by atoms with Gasteiger partial charge in [-0.25, -0.2) is 19.2 Å². The van der Waals surface area contributed by atoms with Crippen molar-refractivity contribution in [1.82, 2.24) is 0 Å². The molecule has 0 saturated carbocycles. The number of hydrogen-bond donors (Lipinski definition) is 5. The molecule has 0 radical (unpaired) electrons. The Balaban J connectivity index is 0.000000259. The van der Waals surface area contributed by atoms with Crippen LogP contribution in [0.15, 0.2) is 107 Å². The number of Topliss-reactive ketones (excluding diaryl/α,β-unsaturated/α-hetero) is 2. The number of rotatable bonds is 10. The minimum Gasteiger partial charge on any atom is -0.478 e. The van der Waals surface area contributed by atoms with Gasteiger partial charge in [-0.3, -0.25) is 9.59 Å². The molecule has 4 N–H and O–H groups in total. The second kappa shape index (κ2) is 18.2. The van der Waals surface area contributed by atoms with Crippen LogP contribution in [0.5, 0.6) is 0 Å². The Morgan fingerprint density at radius 2 is 1.00 bits per heavy atom. The Bertz CT molecular complexity index is 1720. The molecule has 0 fully saturated rings. The van der Waals surface area contributed by atoms with Crippen LogP contribution in [-0.4, -0.2) is 67.0 Å². The fourth-order valence-electron chi connectivity index (χ4n) is 3.38. The number of carboxylic acids is 4. The molecule has 0 aromatic heterocycles. The number of ketones is 2. The molecule has 4 rings (SSSR count). The van der Waals surface area contributed by atoms with E-state index in [9.17, 15) is 28.8 Å². The fourth-order valence-corrected chi connectivity index (χ4v) is 4.90. The van der Waals surface area contributed by atoms with Gasteiger partial charge in [0.2, 0.25) is 0 Å². The predicted molar refractivity (Wildman–Crippen MR) is 174 cm³/mol. The highest BCUT2D eigenvalue weighted by molar-refractivity contribution is 9.09. The van der Waals surface area contributed by atoms with Crippen molar-refractivity contribution in [2.45, 2.75) is 9.79 Å². The Hall–Kier alpha value is -4.72. The summed E-state index contributed by atoms with van der Waals surface area (Å²) in [7, 11) is 0. The van der Waals surface area contributed by atoms with E-state index in [0.29, 0.717) is 20.9 Å². The maximum atomic E-state index is 12.1. The number of hydrogen-bond acceptors (Lipinski definition) is 8. The molecule has 0 aliphatic rings. The Labute approximate surface area is 275 Å². The van der Waals surface area contributed by atoms with Gasteiger partial charge < -0.3 is 20.4 Å². The number of alkyl halides is 1. The molecule has 0 aliphatic carbocycles. The van der Waals surface area contributed by atoms with E-state index in [4.69, 9.17) is 20.4 Å². The molecule has 0 unspecified atom stereocenters. The molecule has 0 aliphatic heterocycles. The van der Waals surface area contributed by atoms with Crippen molar-refractivity contribution in [3.05, 3.63) is 130 Å². The summed E-state index contributed by atoms with van der Waals surface area (Å²) in [6.45, 7) is 0. The summed E-state index contributed by atoms with van der Waals surface area (Å²) in [5.74, 6) is -4.46. The van der Waals surface area contributed by atoms with Gasteiger partial charge in [0, 0.05) is 20.9 Å². The minimum absolute atomic E-state index is 0.0351. The Morgan fingerprint density at radius 1 is 0.556 bits per heavy atom. The summed E-state index contributed by atoms with van der Waals surface area (Å²) in [6.07, 6.45) is 0. The van der Waals surface area contributed by atoms with Crippen LogP contribution < -0.4 is 0 Å². The molecule has 10 nitrogen and oxygen atoms in total. The van der Waals surface area contributed by atoms with Gasteiger partial charge >= 0.3 is 23.9 Å². The third-order valence-corrected chi connectivity index (χ3v) is 7.57. The van der Waals surface area contributed by atoms with Crippen LogP contribution in [0.3, 0.4) is 0 Å². The first-order valence-corrected chi connectivity index (χ1v) is 15.2. The van der Waals surface area contributed by atoms with Crippen LogP contribution in [0, 0.1) is 0 Å². The first kappa shape index (κ1) is 36.5. The van der Waals surface area contributed by atoms with Gasteiger partial charge in [0.15, 0.2) is 11.6 Å². The molecular formula is C32H25BrO10S2. The first-order chi connectivity index (χ1) is 21.3. The van der Waals surface area contributed by atoms with Crippen LogP contribution in [0.4, 0.5) is 0 Å². The number of carbonyl (C=O) groups is 6. The molecule has 0 spiro atoms. The van der Waals surface area contributed by atoms with E-state index in [1.54, 1.807) is 54.6 Å². The molecule has 0 saturated heterocycles. The SMILES string of the molecule is O=C(O)c1cccc(C(=O)CBr)c1.O=C(O)c1cccc(C(=O)CSc2ccccc2C(=O)O)c1.O=C(O)c1ccccc1S. The van der Waals surface area contributed by atoms with Crippen LogP contribution >= 0.6 is 40.3 Å². The lowest BCUT2D eigenvalue weighted by Crippen LogP contribution is -2.06. The van der Waals surface area contributed by atoms with E-state index >= 15 is 0 Å². The molecule has 45 heavy (non-hydrogen) atoms. The molecule has 4 aromatic carbocycles. The monoisotopic (exact) mass is 712 g/mol. The molecule has 232 valence electrons.